The van der Waals surface area contributed by atoms with Crippen molar-refractivity contribution >= 4 is 17.7 Å². The second-order valence-electron chi connectivity index (χ2n) is 5.52. The number of carbonyl (C=O) groups excluding carboxylic acids is 1. The molecule has 0 aromatic rings. The second-order valence-corrected chi connectivity index (χ2v) is 6.38. The van der Waals surface area contributed by atoms with E-state index >= 15 is 0 Å². The molecule has 0 aromatic heterocycles. The molecule has 0 spiro atoms. The molecule has 0 N–H and O–H groups in total. The lowest BCUT2D eigenvalue weighted by Crippen LogP contribution is -2.34. The maximum atomic E-state index is 11.7. The summed E-state index contributed by atoms with van der Waals surface area (Å²) in [5.74, 6) is 2.29. The predicted molar refractivity (Wildman–Crippen MR) is 75.4 cm³/mol. The van der Waals surface area contributed by atoms with Crippen LogP contribution in [0.25, 0.3) is 0 Å². The van der Waals surface area contributed by atoms with Gasteiger partial charge in [-0.1, -0.05) is 13.8 Å². The Balaban J connectivity index is 2.27. The SMILES string of the molecule is CSCC(=O)N(C)C[C@@H]1CCN(CC(C)C)C1. The maximum Gasteiger partial charge on any atom is 0.232 e. The summed E-state index contributed by atoms with van der Waals surface area (Å²) in [7, 11) is 1.93. The van der Waals surface area contributed by atoms with E-state index in [1.807, 2.05) is 18.2 Å². The van der Waals surface area contributed by atoms with Gasteiger partial charge in [-0.25, -0.2) is 0 Å². The summed E-state index contributed by atoms with van der Waals surface area (Å²) in [6, 6.07) is 0. The molecule has 0 aliphatic carbocycles. The molecule has 0 unspecified atom stereocenters. The summed E-state index contributed by atoms with van der Waals surface area (Å²) < 4.78 is 0. The van der Waals surface area contributed by atoms with E-state index < -0.39 is 0 Å². The summed E-state index contributed by atoms with van der Waals surface area (Å²) in [5, 5.41) is 0. The number of hydrogen-bond donors (Lipinski definition) is 0. The van der Waals surface area contributed by atoms with E-state index in [4.69, 9.17) is 0 Å². The third-order valence-electron chi connectivity index (χ3n) is 3.22. The Morgan fingerprint density at radius 1 is 1.53 bits per heavy atom. The molecule has 1 aliphatic rings. The van der Waals surface area contributed by atoms with Crippen molar-refractivity contribution in [3.05, 3.63) is 0 Å². The first-order chi connectivity index (χ1) is 8.02. The molecule has 4 heteroatoms. The molecule has 1 atom stereocenters. The van der Waals surface area contributed by atoms with Crippen molar-refractivity contribution in [1.29, 1.82) is 0 Å². The summed E-state index contributed by atoms with van der Waals surface area (Å²) >= 11 is 1.60. The Morgan fingerprint density at radius 3 is 2.82 bits per heavy atom. The zero-order chi connectivity index (χ0) is 12.8. The van der Waals surface area contributed by atoms with E-state index in [0.717, 1.165) is 19.0 Å². The number of rotatable bonds is 6. The Labute approximate surface area is 110 Å². The molecule has 100 valence electrons. The van der Waals surface area contributed by atoms with E-state index in [0.29, 0.717) is 11.7 Å². The van der Waals surface area contributed by atoms with Crippen molar-refractivity contribution in [2.45, 2.75) is 20.3 Å². The van der Waals surface area contributed by atoms with Gasteiger partial charge in [-0.15, -0.1) is 0 Å². The molecule has 1 fully saturated rings. The van der Waals surface area contributed by atoms with Crippen LogP contribution in [0.4, 0.5) is 0 Å². The van der Waals surface area contributed by atoms with Crippen molar-refractivity contribution in [2.75, 3.05) is 45.2 Å². The van der Waals surface area contributed by atoms with Gasteiger partial charge in [0.1, 0.15) is 0 Å². The Bertz CT molecular complexity index is 246. The Hall–Kier alpha value is -0.220. The zero-order valence-corrected chi connectivity index (χ0v) is 12.4. The van der Waals surface area contributed by atoms with Crippen LogP contribution in [0.3, 0.4) is 0 Å². The van der Waals surface area contributed by atoms with Gasteiger partial charge in [-0.05, 0) is 31.1 Å². The molecule has 1 saturated heterocycles. The second kappa shape index (κ2) is 7.27. The van der Waals surface area contributed by atoms with Gasteiger partial charge in [0.05, 0.1) is 5.75 Å². The predicted octanol–water partition coefficient (Wildman–Crippen LogP) is 1.79. The lowest BCUT2D eigenvalue weighted by Gasteiger charge is -2.22. The molecule has 0 bridgehead atoms. The summed E-state index contributed by atoms with van der Waals surface area (Å²) in [6.07, 6.45) is 3.22. The highest BCUT2D eigenvalue weighted by atomic mass is 32.2. The van der Waals surface area contributed by atoms with Crippen LogP contribution in [0.5, 0.6) is 0 Å². The minimum Gasteiger partial charge on any atom is -0.345 e. The van der Waals surface area contributed by atoms with Crippen LogP contribution in [0.15, 0.2) is 0 Å². The lowest BCUT2D eigenvalue weighted by atomic mass is 10.1. The third kappa shape index (κ3) is 5.30. The van der Waals surface area contributed by atoms with Gasteiger partial charge in [0, 0.05) is 26.7 Å². The van der Waals surface area contributed by atoms with Crippen LogP contribution in [-0.4, -0.2) is 60.9 Å². The van der Waals surface area contributed by atoms with Crippen LogP contribution < -0.4 is 0 Å². The van der Waals surface area contributed by atoms with Gasteiger partial charge in [0.15, 0.2) is 0 Å². The molecule has 1 aliphatic heterocycles. The van der Waals surface area contributed by atoms with Gasteiger partial charge < -0.3 is 9.80 Å². The van der Waals surface area contributed by atoms with E-state index in [-0.39, 0.29) is 5.91 Å². The molecule has 3 nitrogen and oxygen atoms in total. The molecule has 0 aromatic carbocycles. The van der Waals surface area contributed by atoms with Crippen molar-refractivity contribution in [3.63, 3.8) is 0 Å². The lowest BCUT2D eigenvalue weighted by molar-refractivity contribution is -0.127. The number of carbonyl (C=O) groups is 1. The number of nitrogens with zero attached hydrogens (tertiary/aromatic N) is 2. The van der Waals surface area contributed by atoms with Gasteiger partial charge in [0.25, 0.3) is 0 Å². The van der Waals surface area contributed by atoms with Gasteiger partial charge in [0.2, 0.25) is 5.91 Å². The highest BCUT2D eigenvalue weighted by Crippen LogP contribution is 2.18. The van der Waals surface area contributed by atoms with Crippen LogP contribution in [0.2, 0.25) is 0 Å². The standard InChI is InChI=1S/C13H26N2OS/c1-11(2)7-15-6-5-12(9-15)8-14(3)13(16)10-17-4/h11-12H,5-10H2,1-4H3/t12-/m0/s1. The number of hydrogen-bond acceptors (Lipinski definition) is 3. The summed E-state index contributed by atoms with van der Waals surface area (Å²) in [6.45, 7) is 9.01. The highest BCUT2D eigenvalue weighted by Gasteiger charge is 2.24. The molecular weight excluding hydrogens is 232 g/mol. The Morgan fingerprint density at radius 2 is 2.24 bits per heavy atom. The van der Waals surface area contributed by atoms with Gasteiger partial charge >= 0.3 is 0 Å². The minimum absolute atomic E-state index is 0.264. The molecule has 1 heterocycles. The van der Waals surface area contributed by atoms with Crippen molar-refractivity contribution in [1.82, 2.24) is 9.80 Å². The minimum atomic E-state index is 0.264. The van der Waals surface area contributed by atoms with Gasteiger partial charge in [-0.2, -0.15) is 11.8 Å². The molecule has 0 radical (unpaired) electrons. The van der Waals surface area contributed by atoms with Crippen LogP contribution >= 0.6 is 11.8 Å². The number of likely N-dealkylation sites (tertiary alicyclic amines) is 1. The fourth-order valence-corrected chi connectivity index (χ4v) is 2.93. The first-order valence-electron chi connectivity index (χ1n) is 6.48. The molecular formula is C13H26N2OS. The third-order valence-corrected chi connectivity index (χ3v) is 3.75. The van der Waals surface area contributed by atoms with E-state index in [9.17, 15) is 4.79 Å². The quantitative estimate of drug-likeness (QED) is 0.725. The molecule has 0 saturated carbocycles. The summed E-state index contributed by atoms with van der Waals surface area (Å²) in [4.78, 5) is 16.1. The van der Waals surface area contributed by atoms with Crippen molar-refractivity contribution < 1.29 is 4.79 Å². The van der Waals surface area contributed by atoms with Crippen molar-refractivity contribution in [2.24, 2.45) is 11.8 Å². The van der Waals surface area contributed by atoms with Gasteiger partial charge in [-0.3, -0.25) is 4.79 Å². The zero-order valence-electron chi connectivity index (χ0n) is 11.6. The van der Waals surface area contributed by atoms with E-state index in [1.54, 1.807) is 11.8 Å². The van der Waals surface area contributed by atoms with Crippen molar-refractivity contribution in [3.8, 4) is 0 Å². The maximum absolute atomic E-state index is 11.7. The first kappa shape index (κ1) is 14.8. The normalized spacial score (nSPS) is 21.1. The average molecular weight is 258 g/mol. The number of thioether (sulfide) groups is 1. The fraction of sp³-hybridized carbons (Fsp3) is 0.923. The Kier molecular flexibility index (Phi) is 6.34. The smallest absolute Gasteiger partial charge is 0.232 e. The summed E-state index contributed by atoms with van der Waals surface area (Å²) in [5.41, 5.74) is 0. The molecule has 17 heavy (non-hydrogen) atoms. The van der Waals surface area contributed by atoms with Crippen LogP contribution in [0, 0.1) is 11.8 Å². The fourth-order valence-electron chi connectivity index (χ4n) is 2.47. The molecule has 1 amide bonds. The number of amides is 1. The topological polar surface area (TPSA) is 23.6 Å². The highest BCUT2D eigenvalue weighted by molar-refractivity contribution is 7.99. The van der Waals surface area contributed by atoms with Crippen LogP contribution in [0.1, 0.15) is 20.3 Å². The first-order valence-corrected chi connectivity index (χ1v) is 7.87. The largest absolute Gasteiger partial charge is 0.345 e. The van der Waals surface area contributed by atoms with E-state index in [1.165, 1.54) is 19.5 Å². The molecule has 1 rings (SSSR count). The monoisotopic (exact) mass is 258 g/mol. The average Bonchev–Trinajstić information content (AvgIpc) is 2.64. The van der Waals surface area contributed by atoms with Crippen LogP contribution in [-0.2, 0) is 4.79 Å². The van der Waals surface area contributed by atoms with E-state index in [2.05, 4.69) is 18.7 Å².